The van der Waals surface area contributed by atoms with Crippen LogP contribution in [0.2, 0.25) is 0 Å². The van der Waals surface area contributed by atoms with E-state index in [1.54, 1.807) is 61.9 Å². The van der Waals surface area contributed by atoms with Crippen molar-refractivity contribution >= 4 is 37.8 Å². The number of hydrogen-bond donors (Lipinski definition) is 2. The first-order chi connectivity index (χ1) is 19.6. The molecule has 0 saturated heterocycles. The van der Waals surface area contributed by atoms with Gasteiger partial charge in [-0.25, -0.2) is 18.1 Å². The van der Waals surface area contributed by atoms with Crippen LogP contribution in [0, 0.1) is 6.92 Å². The van der Waals surface area contributed by atoms with Crippen LogP contribution in [-0.2, 0) is 23.0 Å². The lowest BCUT2D eigenvalue weighted by molar-refractivity contribution is 0.0977. The molecule has 9 nitrogen and oxygen atoms in total. The van der Waals surface area contributed by atoms with E-state index < -0.39 is 21.8 Å². The van der Waals surface area contributed by atoms with E-state index in [4.69, 9.17) is 10.2 Å². The molecule has 1 aliphatic heterocycles. The minimum Gasteiger partial charge on any atom is -0.472 e. The second kappa shape index (κ2) is 11.3. The highest BCUT2D eigenvalue weighted by Gasteiger charge is 2.29. The van der Waals surface area contributed by atoms with Crippen molar-refractivity contribution < 1.29 is 22.4 Å². The summed E-state index contributed by atoms with van der Waals surface area (Å²) in [4.78, 5) is 30.6. The number of halogens is 1. The number of fused-ring (bicyclic) bond motifs is 1. The van der Waals surface area contributed by atoms with Crippen molar-refractivity contribution in [2.75, 3.05) is 0 Å². The summed E-state index contributed by atoms with van der Waals surface area (Å²) < 4.78 is 36.1. The Morgan fingerprint density at radius 1 is 1.02 bits per heavy atom. The number of carbonyl (C=O) groups excluding carboxylic acids is 2. The van der Waals surface area contributed by atoms with Crippen LogP contribution in [0.15, 0.2) is 87.0 Å². The Kier molecular flexibility index (Phi) is 7.83. The van der Waals surface area contributed by atoms with Crippen LogP contribution in [0.5, 0.6) is 0 Å². The van der Waals surface area contributed by atoms with E-state index in [2.05, 4.69) is 25.6 Å². The Morgan fingerprint density at radius 3 is 2.44 bits per heavy atom. The van der Waals surface area contributed by atoms with Crippen LogP contribution < -0.4 is 10.5 Å². The summed E-state index contributed by atoms with van der Waals surface area (Å²) in [6, 6.07) is 16.3. The fourth-order valence-electron chi connectivity index (χ4n) is 5.07. The number of nitrogens with zero attached hydrogens (tertiary/aromatic N) is 2. The maximum atomic E-state index is 13.5. The number of aromatic nitrogens is 2. The van der Waals surface area contributed by atoms with E-state index in [0.717, 1.165) is 28.9 Å². The van der Waals surface area contributed by atoms with Crippen LogP contribution in [-0.4, -0.2) is 29.8 Å². The molecule has 210 valence electrons. The smallest absolute Gasteiger partial charge is 0.267 e. The van der Waals surface area contributed by atoms with E-state index in [1.807, 2.05) is 17.6 Å². The van der Waals surface area contributed by atoms with E-state index in [9.17, 15) is 18.0 Å². The van der Waals surface area contributed by atoms with Gasteiger partial charge in [0.1, 0.15) is 11.5 Å². The van der Waals surface area contributed by atoms with Gasteiger partial charge in [-0.1, -0.05) is 43.3 Å². The highest BCUT2D eigenvalue weighted by molar-refractivity contribution is 9.10. The molecule has 0 radical (unpaired) electrons. The second-order valence-corrected chi connectivity index (χ2v) is 12.0. The van der Waals surface area contributed by atoms with Crippen molar-refractivity contribution in [1.29, 1.82) is 0 Å². The molecule has 11 heteroatoms. The van der Waals surface area contributed by atoms with Crippen LogP contribution in [0.1, 0.15) is 51.3 Å². The Labute approximate surface area is 245 Å². The minimum absolute atomic E-state index is 0.0220. The Hall–Kier alpha value is -4.22. The number of aryl methyl sites for hydroxylation is 2. The van der Waals surface area contributed by atoms with Gasteiger partial charge in [-0.2, -0.15) is 0 Å². The highest BCUT2D eigenvalue weighted by Crippen LogP contribution is 2.47. The zero-order chi connectivity index (χ0) is 29.3. The number of benzene rings is 2. The number of nitrogens with one attached hydrogen (secondary N) is 1. The number of hydrogen-bond acceptors (Lipinski definition) is 6. The summed E-state index contributed by atoms with van der Waals surface area (Å²) in [6.45, 7) is 4.01. The molecule has 0 fully saturated rings. The molecule has 0 bridgehead atoms. The molecule has 2 aromatic carbocycles. The van der Waals surface area contributed by atoms with Crippen LogP contribution in [0.4, 0.5) is 0 Å². The molecular formula is C30H27BrN4O5S. The minimum atomic E-state index is -4.11. The first-order valence-corrected chi connectivity index (χ1v) is 15.1. The quantitative estimate of drug-likeness (QED) is 0.218. The summed E-state index contributed by atoms with van der Waals surface area (Å²) in [6.07, 6.45) is 4.59. The Balaban J connectivity index is 1.68. The van der Waals surface area contributed by atoms with E-state index in [0.29, 0.717) is 33.4 Å². The average molecular weight is 636 g/mol. The van der Waals surface area contributed by atoms with Gasteiger partial charge >= 0.3 is 0 Å². The molecule has 0 spiro atoms. The zero-order valence-corrected chi connectivity index (χ0v) is 24.8. The van der Waals surface area contributed by atoms with Crippen molar-refractivity contribution in [1.82, 2.24) is 14.3 Å². The van der Waals surface area contributed by atoms with Gasteiger partial charge in [-0.15, -0.1) is 0 Å². The van der Waals surface area contributed by atoms with E-state index in [-0.39, 0.29) is 17.0 Å². The van der Waals surface area contributed by atoms with E-state index in [1.165, 1.54) is 12.1 Å². The summed E-state index contributed by atoms with van der Waals surface area (Å²) in [5, 5.41) is 0. The SMILES string of the molecule is CCCc1nc(C)c(C(N)=O)n1Cc1c2ccocc-2c(Br)c1-c1ccccc1C(=O)NS(=O)(=O)c1ccccc1. The third-order valence-electron chi connectivity index (χ3n) is 6.84. The number of rotatable bonds is 9. The van der Waals surface area contributed by atoms with Gasteiger partial charge in [0.15, 0.2) is 0 Å². The second-order valence-electron chi connectivity index (χ2n) is 9.51. The largest absolute Gasteiger partial charge is 0.472 e. The third kappa shape index (κ3) is 5.30. The Morgan fingerprint density at radius 2 is 1.73 bits per heavy atom. The first-order valence-electron chi connectivity index (χ1n) is 12.9. The maximum Gasteiger partial charge on any atom is 0.267 e. The van der Waals surface area contributed by atoms with Crippen molar-refractivity contribution in [3.8, 4) is 22.3 Å². The van der Waals surface area contributed by atoms with Crippen LogP contribution in [0.25, 0.3) is 22.3 Å². The monoisotopic (exact) mass is 634 g/mol. The standard InChI is InChI=1S/C30H27BrN4O5S/c1-3-9-25-33-18(2)28(29(32)36)35(25)16-23-20-14-15-40-17-24(20)27(31)26(23)21-12-7-8-13-22(21)30(37)34-41(38,39)19-10-5-4-6-11-19/h4-8,10-15,17H,3,9,16H2,1-2H3,(H2,32,36)(H,34,37). The van der Waals surface area contributed by atoms with Gasteiger partial charge in [0, 0.05) is 27.6 Å². The fourth-order valence-corrected chi connectivity index (χ4v) is 6.82. The molecular weight excluding hydrogens is 608 g/mol. The molecule has 1 aliphatic carbocycles. The molecule has 0 atom stereocenters. The molecule has 2 heterocycles. The fraction of sp³-hybridized carbons (Fsp3) is 0.167. The van der Waals surface area contributed by atoms with Gasteiger partial charge in [-0.05, 0) is 70.2 Å². The zero-order valence-electron chi connectivity index (χ0n) is 22.3. The van der Waals surface area contributed by atoms with Crippen molar-refractivity contribution in [2.24, 2.45) is 5.73 Å². The lowest BCUT2D eigenvalue weighted by Gasteiger charge is -2.15. The van der Waals surface area contributed by atoms with E-state index >= 15 is 0 Å². The average Bonchev–Trinajstić information content (AvgIpc) is 3.42. The normalized spacial score (nSPS) is 11.6. The molecule has 0 unspecified atom stereocenters. The summed E-state index contributed by atoms with van der Waals surface area (Å²) in [5.41, 5.74) is 10.3. The van der Waals surface area contributed by atoms with Gasteiger partial charge in [0.2, 0.25) is 0 Å². The molecule has 5 rings (SSSR count). The number of primary amides is 1. The molecule has 2 aliphatic rings. The van der Waals surface area contributed by atoms with Crippen molar-refractivity contribution in [3.63, 3.8) is 0 Å². The lowest BCUT2D eigenvalue weighted by Crippen LogP contribution is -2.31. The Bertz CT molecular complexity index is 1840. The lowest BCUT2D eigenvalue weighted by atomic mass is 9.97. The molecule has 3 aromatic rings. The number of imidazole rings is 1. The maximum absolute atomic E-state index is 13.5. The number of nitrogens with two attached hydrogens (primary N) is 1. The summed E-state index contributed by atoms with van der Waals surface area (Å²) in [7, 11) is -4.11. The summed E-state index contributed by atoms with van der Waals surface area (Å²) in [5.74, 6) is -0.647. The number of amides is 2. The number of carbonyl (C=O) groups is 2. The molecule has 3 N–H and O–H groups in total. The number of sulfonamides is 1. The van der Waals surface area contributed by atoms with Crippen LogP contribution >= 0.6 is 15.9 Å². The molecule has 2 amide bonds. The molecule has 41 heavy (non-hydrogen) atoms. The van der Waals surface area contributed by atoms with Gasteiger partial charge < -0.3 is 14.7 Å². The van der Waals surface area contributed by atoms with Gasteiger partial charge in [0.25, 0.3) is 21.8 Å². The van der Waals surface area contributed by atoms with Crippen molar-refractivity contribution in [3.05, 3.63) is 106 Å². The highest BCUT2D eigenvalue weighted by atomic mass is 79.9. The third-order valence-corrected chi connectivity index (χ3v) is 9.01. The van der Waals surface area contributed by atoms with Gasteiger partial charge in [0.05, 0.1) is 29.7 Å². The van der Waals surface area contributed by atoms with Crippen molar-refractivity contribution in [2.45, 2.75) is 38.1 Å². The predicted molar refractivity (Wildman–Crippen MR) is 158 cm³/mol. The molecule has 0 saturated carbocycles. The van der Waals surface area contributed by atoms with Gasteiger partial charge in [-0.3, -0.25) is 9.59 Å². The summed E-state index contributed by atoms with van der Waals surface area (Å²) >= 11 is 3.71. The molecule has 1 aromatic heterocycles. The predicted octanol–water partition coefficient (Wildman–Crippen LogP) is 5.54. The first kappa shape index (κ1) is 28.3. The van der Waals surface area contributed by atoms with Crippen LogP contribution in [0.3, 0.4) is 0 Å². The topological polar surface area (TPSA) is 137 Å².